The summed E-state index contributed by atoms with van der Waals surface area (Å²) in [5.74, 6) is 0. The Hall–Kier alpha value is -0.0551. The smallest absolute Gasteiger partial charge is 0.402 e. The van der Waals surface area contributed by atoms with Gasteiger partial charge in [-0.1, -0.05) is 6.92 Å². The molecule has 0 amide bonds. The van der Waals surface area contributed by atoms with Crippen LogP contribution in [0.25, 0.3) is 0 Å². The van der Waals surface area contributed by atoms with Crippen molar-refractivity contribution in [2.45, 2.75) is 32.8 Å². The topological polar surface area (TPSA) is 49.7 Å². The fourth-order valence-corrected chi connectivity index (χ4v) is 0.369. The van der Waals surface area contributed by atoms with Gasteiger partial charge in [-0.3, -0.25) is 0 Å². The Morgan fingerprint density at radius 1 is 1.44 bits per heavy atom. The Bertz CT molecular complexity index is 82.3. The molecule has 9 heavy (non-hydrogen) atoms. The first-order valence-corrected chi connectivity index (χ1v) is 3.02. The molecule has 4 heteroatoms. The zero-order valence-corrected chi connectivity index (χ0v) is 6.09. The first-order valence-electron chi connectivity index (χ1n) is 3.02. The molecule has 0 rings (SSSR count). The second-order valence-electron chi connectivity index (χ2n) is 2.56. The highest BCUT2D eigenvalue weighted by atomic mass is 16.6. The van der Waals surface area contributed by atoms with Crippen molar-refractivity contribution in [1.29, 1.82) is 0 Å². The van der Waals surface area contributed by atoms with Gasteiger partial charge in [0.05, 0.1) is 5.60 Å². The Morgan fingerprint density at radius 2 is 1.89 bits per heavy atom. The number of hydrogen-bond donors (Lipinski definition) is 2. The summed E-state index contributed by atoms with van der Waals surface area (Å²) in [6.07, 6.45) is 0.755. The molecule has 0 heterocycles. The maximum absolute atomic E-state index is 8.35. The van der Waals surface area contributed by atoms with Crippen LogP contribution in [0.1, 0.15) is 27.2 Å². The second-order valence-corrected chi connectivity index (χ2v) is 2.56. The van der Waals surface area contributed by atoms with Gasteiger partial charge in [-0.15, -0.1) is 0 Å². The van der Waals surface area contributed by atoms with Crippen LogP contribution in [-0.4, -0.2) is 23.0 Å². The molecule has 0 aromatic carbocycles. The first kappa shape index (κ1) is 8.94. The van der Waals surface area contributed by atoms with Crippen LogP contribution >= 0.6 is 0 Å². The van der Waals surface area contributed by atoms with Crippen molar-refractivity contribution in [2.24, 2.45) is 0 Å². The first-order chi connectivity index (χ1) is 3.98. The third kappa shape index (κ3) is 4.45. The molecule has 0 aliphatic carbocycles. The quantitative estimate of drug-likeness (QED) is 0.537. The minimum atomic E-state index is -1.65. The minimum Gasteiger partial charge on any atom is -0.402 e. The number of rotatable bonds is 3. The van der Waals surface area contributed by atoms with Crippen LogP contribution in [0.3, 0.4) is 0 Å². The lowest BCUT2D eigenvalue weighted by Crippen LogP contribution is -2.32. The van der Waals surface area contributed by atoms with Crippen LogP contribution in [0.4, 0.5) is 0 Å². The van der Waals surface area contributed by atoms with Gasteiger partial charge in [0.2, 0.25) is 0 Å². The predicted molar refractivity (Wildman–Crippen MR) is 35.6 cm³/mol. The summed E-state index contributed by atoms with van der Waals surface area (Å²) in [5, 5.41) is 16.7. The lowest BCUT2D eigenvalue weighted by atomic mass is 10.0. The maximum Gasteiger partial charge on any atom is 0.634 e. The molecular formula is C5H13BO3. The minimum absolute atomic E-state index is 0.436. The van der Waals surface area contributed by atoms with Crippen LogP contribution in [-0.2, 0) is 4.65 Å². The zero-order chi connectivity index (χ0) is 7.49. The van der Waals surface area contributed by atoms with E-state index in [4.69, 9.17) is 14.7 Å². The summed E-state index contributed by atoms with van der Waals surface area (Å²) in [6, 6.07) is 0. The highest BCUT2D eigenvalue weighted by Gasteiger charge is 2.22. The predicted octanol–water partition coefficient (Wildman–Crippen LogP) is 0.161. The van der Waals surface area contributed by atoms with Gasteiger partial charge in [0.1, 0.15) is 0 Å². The zero-order valence-electron chi connectivity index (χ0n) is 6.09. The third-order valence-electron chi connectivity index (χ3n) is 1.28. The molecule has 0 spiro atoms. The monoisotopic (exact) mass is 132 g/mol. The van der Waals surface area contributed by atoms with Crippen LogP contribution < -0.4 is 0 Å². The SMILES string of the molecule is CCC(C)(C)OB(O)O. The molecule has 0 bridgehead atoms. The van der Waals surface area contributed by atoms with E-state index in [1.807, 2.05) is 6.92 Å². The summed E-state index contributed by atoms with van der Waals surface area (Å²) in [5.41, 5.74) is -0.436. The van der Waals surface area contributed by atoms with Crippen molar-refractivity contribution in [3.05, 3.63) is 0 Å². The summed E-state index contributed by atoms with van der Waals surface area (Å²) in [7, 11) is -1.65. The van der Waals surface area contributed by atoms with Crippen molar-refractivity contribution in [3.8, 4) is 0 Å². The van der Waals surface area contributed by atoms with Gasteiger partial charge in [-0.2, -0.15) is 0 Å². The second kappa shape index (κ2) is 3.20. The molecule has 0 aromatic heterocycles. The van der Waals surface area contributed by atoms with E-state index in [1.54, 1.807) is 13.8 Å². The van der Waals surface area contributed by atoms with Crippen LogP contribution in [0.2, 0.25) is 0 Å². The van der Waals surface area contributed by atoms with Gasteiger partial charge in [0.15, 0.2) is 0 Å². The Labute approximate surface area is 55.8 Å². The van der Waals surface area contributed by atoms with Crippen LogP contribution in [0, 0.1) is 0 Å². The molecule has 0 saturated carbocycles. The van der Waals surface area contributed by atoms with E-state index in [0.717, 1.165) is 6.42 Å². The van der Waals surface area contributed by atoms with E-state index in [1.165, 1.54) is 0 Å². The molecule has 0 atom stereocenters. The van der Waals surface area contributed by atoms with Crippen molar-refractivity contribution in [2.75, 3.05) is 0 Å². The lowest BCUT2D eigenvalue weighted by Gasteiger charge is -2.22. The molecule has 0 aliphatic rings. The van der Waals surface area contributed by atoms with Gasteiger partial charge >= 0.3 is 7.32 Å². The molecule has 0 saturated heterocycles. The van der Waals surface area contributed by atoms with Gasteiger partial charge in [-0.25, -0.2) is 0 Å². The van der Waals surface area contributed by atoms with Crippen LogP contribution in [0.5, 0.6) is 0 Å². The van der Waals surface area contributed by atoms with Crippen LogP contribution in [0.15, 0.2) is 0 Å². The van der Waals surface area contributed by atoms with E-state index in [-0.39, 0.29) is 0 Å². The highest BCUT2D eigenvalue weighted by Crippen LogP contribution is 2.12. The van der Waals surface area contributed by atoms with E-state index in [0.29, 0.717) is 0 Å². The van der Waals surface area contributed by atoms with E-state index < -0.39 is 12.9 Å². The van der Waals surface area contributed by atoms with Gasteiger partial charge in [-0.05, 0) is 20.3 Å². The number of hydrogen-bond acceptors (Lipinski definition) is 3. The van der Waals surface area contributed by atoms with Gasteiger partial charge < -0.3 is 14.7 Å². The molecule has 0 unspecified atom stereocenters. The summed E-state index contributed by atoms with van der Waals surface area (Å²) in [4.78, 5) is 0. The maximum atomic E-state index is 8.35. The molecule has 0 fully saturated rings. The molecule has 3 nitrogen and oxygen atoms in total. The lowest BCUT2D eigenvalue weighted by molar-refractivity contribution is 0.0467. The molecule has 0 radical (unpaired) electrons. The Balaban J connectivity index is 3.58. The molecular weight excluding hydrogens is 119 g/mol. The Morgan fingerprint density at radius 3 is 2.00 bits per heavy atom. The van der Waals surface area contributed by atoms with E-state index in [9.17, 15) is 0 Å². The average Bonchev–Trinajstić information content (AvgIpc) is 1.63. The summed E-state index contributed by atoms with van der Waals surface area (Å²) >= 11 is 0. The third-order valence-corrected chi connectivity index (χ3v) is 1.28. The molecule has 0 aliphatic heterocycles. The van der Waals surface area contributed by atoms with Gasteiger partial charge in [0.25, 0.3) is 0 Å². The molecule has 54 valence electrons. The summed E-state index contributed by atoms with van der Waals surface area (Å²) in [6.45, 7) is 5.52. The van der Waals surface area contributed by atoms with E-state index in [2.05, 4.69) is 0 Å². The van der Waals surface area contributed by atoms with Gasteiger partial charge in [0, 0.05) is 0 Å². The standard InChI is InChI=1S/C5H13BO3/c1-4-5(2,3)9-6(7)8/h7-8H,4H2,1-3H3. The van der Waals surface area contributed by atoms with E-state index >= 15 is 0 Å². The van der Waals surface area contributed by atoms with Crippen molar-refractivity contribution >= 4 is 7.32 Å². The van der Waals surface area contributed by atoms with Crippen molar-refractivity contribution < 1.29 is 14.7 Å². The Kier molecular flexibility index (Phi) is 3.18. The fourth-order valence-electron chi connectivity index (χ4n) is 0.369. The fraction of sp³-hybridized carbons (Fsp3) is 1.00. The highest BCUT2D eigenvalue weighted by molar-refractivity contribution is 6.32. The van der Waals surface area contributed by atoms with Crippen molar-refractivity contribution in [1.82, 2.24) is 0 Å². The van der Waals surface area contributed by atoms with Crippen molar-refractivity contribution in [3.63, 3.8) is 0 Å². The normalized spacial score (nSPS) is 11.7. The average molecular weight is 132 g/mol. The largest absolute Gasteiger partial charge is 0.634 e. The summed E-state index contributed by atoms with van der Waals surface area (Å²) < 4.78 is 4.70. The molecule has 0 aromatic rings. The molecule has 2 N–H and O–H groups in total.